The zero-order valence-corrected chi connectivity index (χ0v) is 13.6. The summed E-state index contributed by atoms with van der Waals surface area (Å²) >= 11 is 0. The number of carboxylic acid groups (broad SMARTS) is 1. The molecule has 0 fully saturated rings. The van der Waals surface area contributed by atoms with E-state index in [1.165, 1.54) is 11.1 Å². The van der Waals surface area contributed by atoms with Crippen LogP contribution in [0.3, 0.4) is 0 Å². The van der Waals surface area contributed by atoms with E-state index in [-0.39, 0.29) is 12.6 Å². The average Bonchev–Trinajstić information content (AvgIpc) is 2.44. The number of benzene rings is 1. The summed E-state index contributed by atoms with van der Waals surface area (Å²) in [5.41, 5.74) is 2.48. The summed E-state index contributed by atoms with van der Waals surface area (Å²) in [6, 6.07) is 6.36. The van der Waals surface area contributed by atoms with Crippen LogP contribution in [0.1, 0.15) is 37.8 Å². The van der Waals surface area contributed by atoms with E-state index in [1.54, 1.807) is 0 Å². The summed E-state index contributed by atoms with van der Waals surface area (Å²) in [6.07, 6.45) is 1.77. The van der Waals surface area contributed by atoms with Crippen LogP contribution in [0.25, 0.3) is 0 Å². The molecule has 0 aliphatic carbocycles. The van der Waals surface area contributed by atoms with Crippen LogP contribution < -0.4 is 4.74 Å². The molecule has 0 saturated heterocycles. The third-order valence-electron chi connectivity index (χ3n) is 3.89. The van der Waals surface area contributed by atoms with Crippen molar-refractivity contribution in [3.8, 4) is 5.75 Å². The molecule has 1 N–H and O–H groups in total. The van der Waals surface area contributed by atoms with Gasteiger partial charge in [0.15, 0.2) is 0 Å². The molecular formula is C17H27NO3. The SMILES string of the molecule is CCC(C)N(CCCOc1ccc(C)c(C)c1)CC(=O)O. The molecule has 0 amide bonds. The molecule has 0 aliphatic heterocycles. The molecule has 4 heteroatoms. The van der Waals surface area contributed by atoms with Crippen LogP contribution in [0.5, 0.6) is 5.75 Å². The van der Waals surface area contributed by atoms with Crippen molar-refractivity contribution in [3.05, 3.63) is 29.3 Å². The quantitative estimate of drug-likeness (QED) is 0.710. The zero-order chi connectivity index (χ0) is 15.8. The number of aryl methyl sites for hydroxylation is 2. The lowest BCUT2D eigenvalue weighted by molar-refractivity contribution is -0.138. The van der Waals surface area contributed by atoms with E-state index < -0.39 is 5.97 Å². The fourth-order valence-corrected chi connectivity index (χ4v) is 2.15. The Labute approximate surface area is 127 Å². The highest BCUT2D eigenvalue weighted by Crippen LogP contribution is 2.16. The largest absolute Gasteiger partial charge is 0.494 e. The van der Waals surface area contributed by atoms with Gasteiger partial charge in [-0.05, 0) is 56.9 Å². The molecule has 1 aromatic carbocycles. The molecule has 1 atom stereocenters. The van der Waals surface area contributed by atoms with Crippen molar-refractivity contribution < 1.29 is 14.6 Å². The number of carbonyl (C=O) groups is 1. The number of carboxylic acids is 1. The smallest absolute Gasteiger partial charge is 0.317 e. The maximum absolute atomic E-state index is 10.9. The lowest BCUT2D eigenvalue weighted by Gasteiger charge is -2.26. The van der Waals surface area contributed by atoms with Crippen molar-refractivity contribution in [2.45, 2.75) is 46.6 Å². The van der Waals surface area contributed by atoms with Crippen molar-refractivity contribution in [3.63, 3.8) is 0 Å². The van der Waals surface area contributed by atoms with Gasteiger partial charge < -0.3 is 9.84 Å². The predicted octanol–water partition coefficient (Wildman–Crippen LogP) is 3.26. The average molecular weight is 293 g/mol. The number of hydrogen-bond donors (Lipinski definition) is 1. The van der Waals surface area contributed by atoms with Gasteiger partial charge in [-0.15, -0.1) is 0 Å². The van der Waals surface area contributed by atoms with Crippen molar-refractivity contribution >= 4 is 5.97 Å². The van der Waals surface area contributed by atoms with E-state index in [4.69, 9.17) is 9.84 Å². The van der Waals surface area contributed by atoms with E-state index in [0.717, 1.165) is 25.1 Å². The second-order valence-corrected chi connectivity index (χ2v) is 5.57. The molecule has 118 valence electrons. The molecule has 1 aromatic rings. The molecule has 1 unspecified atom stereocenters. The van der Waals surface area contributed by atoms with Gasteiger partial charge >= 0.3 is 5.97 Å². The first-order chi connectivity index (χ1) is 9.93. The lowest BCUT2D eigenvalue weighted by Crippen LogP contribution is -2.38. The van der Waals surface area contributed by atoms with Crippen LogP contribution in [-0.2, 0) is 4.79 Å². The van der Waals surface area contributed by atoms with E-state index in [1.807, 2.05) is 17.0 Å². The maximum atomic E-state index is 10.9. The van der Waals surface area contributed by atoms with Gasteiger partial charge in [0, 0.05) is 12.6 Å². The van der Waals surface area contributed by atoms with Crippen molar-refractivity contribution in [2.24, 2.45) is 0 Å². The van der Waals surface area contributed by atoms with Gasteiger partial charge in [0.1, 0.15) is 5.75 Å². The van der Waals surface area contributed by atoms with E-state index in [0.29, 0.717) is 6.61 Å². The third-order valence-corrected chi connectivity index (χ3v) is 3.89. The Kier molecular flexibility index (Phi) is 7.23. The highest BCUT2D eigenvalue weighted by atomic mass is 16.5. The van der Waals surface area contributed by atoms with Gasteiger partial charge in [0.2, 0.25) is 0 Å². The van der Waals surface area contributed by atoms with Gasteiger partial charge in [-0.2, -0.15) is 0 Å². The number of rotatable bonds is 9. The summed E-state index contributed by atoms with van der Waals surface area (Å²) in [7, 11) is 0. The minimum absolute atomic E-state index is 0.0959. The summed E-state index contributed by atoms with van der Waals surface area (Å²) in [5.74, 6) is 0.108. The summed E-state index contributed by atoms with van der Waals surface area (Å²) < 4.78 is 5.74. The van der Waals surface area contributed by atoms with E-state index in [9.17, 15) is 4.79 Å². The predicted molar refractivity (Wildman–Crippen MR) is 85.0 cm³/mol. The monoisotopic (exact) mass is 293 g/mol. The third kappa shape index (κ3) is 6.17. The molecular weight excluding hydrogens is 266 g/mol. The summed E-state index contributed by atoms with van der Waals surface area (Å²) in [4.78, 5) is 12.9. The van der Waals surface area contributed by atoms with Crippen LogP contribution >= 0.6 is 0 Å². The van der Waals surface area contributed by atoms with E-state index in [2.05, 4.69) is 33.8 Å². The minimum atomic E-state index is -0.773. The van der Waals surface area contributed by atoms with Crippen molar-refractivity contribution in [1.29, 1.82) is 0 Å². The Morgan fingerprint density at radius 1 is 1.33 bits per heavy atom. The Morgan fingerprint density at radius 2 is 2.05 bits per heavy atom. The molecule has 4 nitrogen and oxygen atoms in total. The summed E-state index contributed by atoms with van der Waals surface area (Å²) in [6.45, 7) is 9.73. The number of ether oxygens (including phenoxy) is 1. The molecule has 0 radical (unpaired) electrons. The van der Waals surface area contributed by atoms with Gasteiger partial charge in [-0.1, -0.05) is 13.0 Å². The highest BCUT2D eigenvalue weighted by Gasteiger charge is 2.14. The van der Waals surface area contributed by atoms with Gasteiger partial charge in [-0.3, -0.25) is 9.69 Å². The molecule has 21 heavy (non-hydrogen) atoms. The fraction of sp³-hybridized carbons (Fsp3) is 0.588. The summed E-state index contributed by atoms with van der Waals surface area (Å²) in [5, 5.41) is 8.95. The second kappa shape index (κ2) is 8.67. The molecule has 0 spiro atoms. The highest BCUT2D eigenvalue weighted by molar-refractivity contribution is 5.69. The van der Waals surface area contributed by atoms with E-state index >= 15 is 0 Å². The normalized spacial score (nSPS) is 12.4. The maximum Gasteiger partial charge on any atom is 0.317 e. The van der Waals surface area contributed by atoms with Gasteiger partial charge in [0.25, 0.3) is 0 Å². The molecule has 0 heterocycles. The van der Waals surface area contributed by atoms with Crippen LogP contribution in [-0.4, -0.2) is 41.7 Å². The van der Waals surface area contributed by atoms with Crippen LogP contribution in [0, 0.1) is 13.8 Å². The molecule has 1 rings (SSSR count). The van der Waals surface area contributed by atoms with Gasteiger partial charge in [-0.25, -0.2) is 0 Å². The molecule has 0 aromatic heterocycles. The van der Waals surface area contributed by atoms with Crippen molar-refractivity contribution in [2.75, 3.05) is 19.7 Å². The first kappa shape index (κ1) is 17.5. The first-order valence-electron chi connectivity index (χ1n) is 7.60. The number of aliphatic carboxylic acids is 1. The number of hydrogen-bond acceptors (Lipinski definition) is 3. The Hall–Kier alpha value is -1.55. The lowest BCUT2D eigenvalue weighted by atomic mass is 10.1. The zero-order valence-electron chi connectivity index (χ0n) is 13.6. The van der Waals surface area contributed by atoms with Crippen LogP contribution in [0.15, 0.2) is 18.2 Å². The Bertz CT molecular complexity index is 459. The Balaban J connectivity index is 2.39. The second-order valence-electron chi connectivity index (χ2n) is 5.57. The molecule has 0 bridgehead atoms. The van der Waals surface area contributed by atoms with Crippen LogP contribution in [0.2, 0.25) is 0 Å². The first-order valence-corrected chi connectivity index (χ1v) is 7.60. The standard InChI is InChI=1S/C17H27NO3/c1-5-15(4)18(12-17(19)20)9-6-10-21-16-8-7-13(2)14(3)11-16/h7-8,11,15H,5-6,9-10,12H2,1-4H3,(H,19,20). The number of nitrogens with zero attached hydrogens (tertiary/aromatic N) is 1. The molecule has 0 aliphatic rings. The Morgan fingerprint density at radius 3 is 2.62 bits per heavy atom. The fourth-order valence-electron chi connectivity index (χ4n) is 2.15. The van der Waals surface area contributed by atoms with Crippen molar-refractivity contribution in [1.82, 2.24) is 4.90 Å². The topological polar surface area (TPSA) is 49.8 Å². The van der Waals surface area contributed by atoms with Crippen LogP contribution in [0.4, 0.5) is 0 Å². The minimum Gasteiger partial charge on any atom is -0.494 e. The van der Waals surface area contributed by atoms with Gasteiger partial charge in [0.05, 0.1) is 13.2 Å². The molecule has 0 saturated carbocycles.